The Labute approximate surface area is 90.7 Å². The van der Waals surface area contributed by atoms with Gasteiger partial charge in [-0.2, -0.15) is 0 Å². The molecule has 1 aromatic rings. The van der Waals surface area contributed by atoms with Gasteiger partial charge in [-0.3, -0.25) is 0 Å². The summed E-state index contributed by atoms with van der Waals surface area (Å²) in [5, 5.41) is 3.46. The van der Waals surface area contributed by atoms with Gasteiger partial charge in [0.1, 0.15) is 5.82 Å². The summed E-state index contributed by atoms with van der Waals surface area (Å²) in [6.07, 6.45) is 1.09. The molecule has 1 heterocycles. The zero-order valence-electron chi connectivity index (χ0n) is 9.60. The molecule has 0 amide bonds. The van der Waals surface area contributed by atoms with E-state index < -0.39 is 0 Å². The average Bonchev–Trinajstić information content (AvgIpc) is 2.50. The Morgan fingerprint density at radius 3 is 2.67 bits per heavy atom. The van der Waals surface area contributed by atoms with E-state index in [4.69, 9.17) is 0 Å². The Balaban J connectivity index is 2.33. The number of halogens is 1. The third-order valence-corrected chi connectivity index (χ3v) is 3.48. The zero-order valence-corrected chi connectivity index (χ0v) is 9.60. The molecule has 1 nitrogen and oxygen atoms in total. The van der Waals surface area contributed by atoms with Crippen molar-refractivity contribution in [2.75, 3.05) is 6.54 Å². The molecule has 2 heteroatoms. The van der Waals surface area contributed by atoms with E-state index in [-0.39, 0.29) is 11.4 Å². The SMILES string of the molecule is Cc1ccc(C2CCNC2(C)C)cc1F. The zero-order chi connectivity index (χ0) is 11.1. The van der Waals surface area contributed by atoms with Crippen LogP contribution in [0.4, 0.5) is 4.39 Å². The Morgan fingerprint density at radius 1 is 1.40 bits per heavy atom. The summed E-state index contributed by atoms with van der Waals surface area (Å²) in [6.45, 7) is 7.19. The van der Waals surface area contributed by atoms with Gasteiger partial charge in [0.05, 0.1) is 0 Å². The van der Waals surface area contributed by atoms with Gasteiger partial charge in [0, 0.05) is 11.5 Å². The highest BCUT2D eigenvalue weighted by molar-refractivity contribution is 5.29. The normalized spacial score (nSPS) is 24.4. The fraction of sp³-hybridized carbons (Fsp3) is 0.538. The van der Waals surface area contributed by atoms with Gasteiger partial charge in [-0.1, -0.05) is 12.1 Å². The largest absolute Gasteiger partial charge is 0.311 e. The van der Waals surface area contributed by atoms with Crippen LogP contribution >= 0.6 is 0 Å². The van der Waals surface area contributed by atoms with Gasteiger partial charge in [-0.05, 0) is 50.9 Å². The number of hydrogen-bond acceptors (Lipinski definition) is 1. The molecule has 82 valence electrons. The van der Waals surface area contributed by atoms with E-state index in [1.807, 2.05) is 6.07 Å². The number of nitrogens with one attached hydrogen (secondary N) is 1. The van der Waals surface area contributed by atoms with E-state index in [0.29, 0.717) is 5.92 Å². The maximum absolute atomic E-state index is 13.5. The molecular formula is C13H18FN. The van der Waals surface area contributed by atoms with Crippen molar-refractivity contribution in [1.29, 1.82) is 0 Å². The predicted octanol–water partition coefficient (Wildman–Crippen LogP) is 2.99. The van der Waals surface area contributed by atoms with Crippen molar-refractivity contribution in [2.45, 2.75) is 38.6 Å². The van der Waals surface area contributed by atoms with Crippen LogP contribution in [0.15, 0.2) is 18.2 Å². The van der Waals surface area contributed by atoms with Crippen LogP contribution in [0.25, 0.3) is 0 Å². The summed E-state index contributed by atoms with van der Waals surface area (Å²) in [6, 6.07) is 5.62. The van der Waals surface area contributed by atoms with Crippen LogP contribution in [-0.2, 0) is 0 Å². The van der Waals surface area contributed by atoms with Crippen LogP contribution in [0.1, 0.15) is 37.3 Å². The van der Waals surface area contributed by atoms with E-state index in [0.717, 1.165) is 24.1 Å². The molecule has 0 aliphatic carbocycles. The first-order chi connectivity index (χ1) is 7.00. The van der Waals surface area contributed by atoms with E-state index in [1.165, 1.54) is 0 Å². The fourth-order valence-electron chi connectivity index (χ4n) is 2.43. The number of rotatable bonds is 1. The Hall–Kier alpha value is -0.890. The summed E-state index contributed by atoms with van der Waals surface area (Å²) in [5.74, 6) is 0.336. The molecule has 1 aliphatic rings. The van der Waals surface area contributed by atoms with Crippen molar-refractivity contribution in [1.82, 2.24) is 5.32 Å². The predicted molar refractivity (Wildman–Crippen MR) is 60.6 cm³/mol. The van der Waals surface area contributed by atoms with Gasteiger partial charge >= 0.3 is 0 Å². The van der Waals surface area contributed by atoms with Crippen LogP contribution < -0.4 is 5.32 Å². The Bertz CT molecular complexity index is 371. The Morgan fingerprint density at radius 2 is 2.13 bits per heavy atom. The minimum Gasteiger partial charge on any atom is -0.311 e. The molecular weight excluding hydrogens is 189 g/mol. The van der Waals surface area contributed by atoms with Gasteiger partial charge in [0.2, 0.25) is 0 Å². The summed E-state index contributed by atoms with van der Waals surface area (Å²) < 4.78 is 13.5. The summed E-state index contributed by atoms with van der Waals surface area (Å²) >= 11 is 0. The molecule has 15 heavy (non-hydrogen) atoms. The third kappa shape index (κ3) is 1.91. The summed E-state index contributed by atoms with van der Waals surface area (Å²) in [7, 11) is 0. The minimum absolute atomic E-state index is 0.0850. The van der Waals surface area contributed by atoms with Gasteiger partial charge in [0.25, 0.3) is 0 Å². The van der Waals surface area contributed by atoms with Gasteiger partial charge < -0.3 is 5.32 Å². The van der Waals surface area contributed by atoms with E-state index in [2.05, 4.69) is 25.2 Å². The lowest BCUT2D eigenvalue weighted by Crippen LogP contribution is -2.36. The lowest BCUT2D eigenvalue weighted by Gasteiger charge is -2.27. The highest BCUT2D eigenvalue weighted by Gasteiger charge is 2.35. The van der Waals surface area contributed by atoms with E-state index in [1.54, 1.807) is 13.0 Å². The molecule has 1 fully saturated rings. The molecule has 1 aliphatic heterocycles. The van der Waals surface area contributed by atoms with Crippen molar-refractivity contribution >= 4 is 0 Å². The monoisotopic (exact) mass is 207 g/mol. The van der Waals surface area contributed by atoms with Gasteiger partial charge in [0.15, 0.2) is 0 Å². The lowest BCUT2D eigenvalue weighted by atomic mass is 9.83. The molecule has 1 aromatic carbocycles. The molecule has 0 bridgehead atoms. The summed E-state index contributed by atoms with van der Waals surface area (Å²) in [5.41, 5.74) is 1.93. The first kappa shape index (κ1) is 10.6. The topological polar surface area (TPSA) is 12.0 Å². The standard InChI is InChI=1S/C13H18FN/c1-9-4-5-10(8-12(9)14)11-6-7-15-13(11,2)3/h4-5,8,11,15H,6-7H2,1-3H3. The molecule has 1 saturated heterocycles. The van der Waals surface area contributed by atoms with Crippen LogP contribution in [0.3, 0.4) is 0 Å². The maximum Gasteiger partial charge on any atom is 0.126 e. The fourth-order valence-corrected chi connectivity index (χ4v) is 2.43. The second kappa shape index (κ2) is 3.60. The smallest absolute Gasteiger partial charge is 0.126 e. The van der Waals surface area contributed by atoms with E-state index >= 15 is 0 Å². The third-order valence-electron chi connectivity index (χ3n) is 3.48. The van der Waals surface area contributed by atoms with Crippen molar-refractivity contribution in [3.05, 3.63) is 35.1 Å². The number of aryl methyl sites for hydroxylation is 1. The first-order valence-corrected chi connectivity index (χ1v) is 5.52. The highest BCUT2D eigenvalue weighted by atomic mass is 19.1. The van der Waals surface area contributed by atoms with Gasteiger partial charge in [-0.25, -0.2) is 4.39 Å². The molecule has 0 spiro atoms. The molecule has 0 aromatic heterocycles. The van der Waals surface area contributed by atoms with Crippen LogP contribution in [-0.4, -0.2) is 12.1 Å². The lowest BCUT2D eigenvalue weighted by molar-refractivity contribution is 0.409. The molecule has 0 radical (unpaired) electrons. The molecule has 2 rings (SSSR count). The van der Waals surface area contributed by atoms with E-state index in [9.17, 15) is 4.39 Å². The number of benzene rings is 1. The number of hydrogen-bond donors (Lipinski definition) is 1. The summed E-state index contributed by atoms with van der Waals surface area (Å²) in [4.78, 5) is 0. The first-order valence-electron chi connectivity index (χ1n) is 5.52. The second-order valence-electron chi connectivity index (χ2n) is 5.00. The second-order valence-corrected chi connectivity index (χ2v) is 5.00. The van der Waals surface area contributed by atoms with Crippen molar-refractivity contribution in [3.63, 3.8) is 0 Å². The van der Waals surface area contributed by atoms with Crippen LogP contribution in [0.2, 0.25) is 0 Å². The Kier molecular flexibility index (Phi) is 2.55. The molecule has 0 saturated carbocycles. The minimum atomic E-state index is -0.0878. The van der Waals surface area contributed by atoms with Crippen LogP contribution in [0.5, 0.6) is 0 Å². The van der Waals surface area contributed by atoms with Crippen LogP contribution in [0, 0.1) is 12.7 Å². The quantitative estimate of drug-likeness (QED) is 0.746. The molecule has 1 unspecified atom stereocenters. The molecule has 1 atom stereocenters. The van der Waals surface area contributed by atoms with Crippen molar-refractivity contribution in [3.8, 4) is 0 Å². The average molecular weight is 207 g/mol. The molecule has 1 N–H and O–H groups in total. The van der Waals surface area contributed by atoms with Gasteiger partial charge in [-0.15, -0.1) is 0 Å². The van der Waals surface area contributed by atoms with Crippen molar-refractivity contribution < 1.29 is 4.39 Å². The highest BCUT2D eigenvalue weighted by Crippen LogP contribution is 2.35. The van der Waals surface area contributed by atoms with Crippen molar-refractivity contribution in [2.24, 2.45) is 0 Å². The maximum atomic E-state index is 13.5.